The van der Waals surface area contributed by atoms with Gasteiger partial charge in [0.2, 0.25) is 0 Å². The first kappa shape index (κ1) is 98.1. The van der Waals surface area contributed by atoms with E-state index in [1.54, 1.807) is 0 Å². The SMILES string of the molecule is CCCCCCCCCCCCCCCCCCCCC(=O)O[C@H](COC(=O)CCCCCCCCCCCCCCCC(C)C)COP(=O)(O)OC[C@@H](O)COP(=O)(O)OC[C@@H](COC(=O)CCCCCCCCCC(C)C)OC(=O)CCCCCCCCCCCCCCCC(C)C. The highest BCUT2D eigenvalue weighted by atomic mass is 31.2. The van der Waals surface area contributed by atoms with Crippen molar-refractivity contribution >= 4 is 39.5 Å². The topological polar surface area (TPSA) is 237 Å². The number of phosphoric acid groups is 2. The molecule has 0 aromatic heterocycles. The van der Waals surface area contributed by atoms with Crippen molar-refractivity contribution < 1.29 is 80.2 Å². The predicted molar refractivity (Wildman–Crippen MR) is 409 cm³/mol. The fourth-order valence-corrected chi connectivity index (χ4v) is 14.1. The molecule has 3 N–H and O–H groups in total. The molecule has 0 aliphatic rings. The Balaban J connectivity index is 5.25. The minimum atomic E-state index is -4.96. The third-order valence-electron chi connectivity index (χ3n) is 18.9. The summed E-state index contributed by atoms with van der Waals surface area (Å²) in [7, 11) is -9.92. The van der Waals surface area contributed by atoms with E-state index in [-0.39, 0.29) is 25.7 Å². The summed E-state index contributed by atoms with van der Waals surface area (Å²) in [5.74, 6) is 0.172. The Morgan fingerprint density at radius 1 is 0.270 bits per heavy atom. The van der Waals surface area contributed by atoms with Crippen LogP contribution in [0.5, 0.6) is 0 Å². The van der Waals surface area contributed by atoms with Crippen molar-refractivity contribution in [2.24, 2.45) is 17.8 Å². The standard InChI is InChI=1S/C81H158O17P2/c1-8-9-10-11-12-13-14-15-16-17-18-19-24-30-35-42-50-57-64-80(85)97-76(68-91-78(83)62-55-48-41-34-29-25-20-22-27-32-38-45-52-59-72(2)3)70-95-99(87,88)93-66-75(82)67-94-100(89,90)96-71-77(69-92-79(84)63-56-49-44-37-40-47-54-61-74(6)7)98-81(86)65-58-51-43-36-31-26-21-23-28-33-39-46-53-60-73(4)5/h72-77,82H,8-71H2,1-7H3,(H,87,88)(H,89,90)/t75-,76-,77-/m1/s1. The average molecular weight is 1470 g/mol. The van der Waals surface area contributed by atoms with Crippen molar-refractivity contribution in [2.75, 3.05) is 39.6 Å². The van der Waals surface area contributed by atoms with Crippen LogP contribution in [0.15, 0.2) is 0 Å². The van der Waals surface area contributed by atoms with E-state index < -0.39 is 97.5 Å². The fourth-order valence-electron chi connectivity index (χ4n) is 12.5. The Morgan fingerprint density at radius 2 is 0.460 bits per heavy atom. The van der Waals surface area contributed by atoms with Gasteiger partial charge in [-0.2, -0.15) is 0 Å². The quantitative estimate of drug-likeness (QED) is 0.0222. The third kappa shape index (κ3) is 74.3. The molecule has 0 saturated carbocycles. The van der Waals surface area contributed by atoms with E-state index in [4.69, 9.17) is 37.0 Å². The number of unbranched alkanes of at least 4 members (excludes halogenated alkanes) is 47. The summed E-state index contributed by atoms with van der Waals surface area (Å²) in [6.45, 7) is 11.9. The number of phosphoric ester groups is 2. The highest BCUT2D eigenvalue weighted by Crippen LogP contribution is 2.45. The van der Waals surface area contributed by atoms with Crippen LogP contribution in [0.2, 0.25) is 0 Å². The molecule has 0 bridgehead atoms. The molecule has 0 radical (unpaired) electrons. The van der Waals surface area contributed by atoms with Gasteiger partial charge >= 0.3 is 39.5 Å². The molecule has 100 heavy (non-hydrogen) atoms. The molecule has 17 nitrogen and oxygen atoms in total. The van der Waals surface area contributed by atoms with Crippen LogP contribution in [0, 0.1) is 17.8 Å². The lowest BCUT2D eigenvalue weighted by Gasteiger charge is -2.21. The average Bonchev–Trinajstić information content (AvgIpc) is 0.914. The van der Waals surface area contributed by atoms with Gasteiger partial charge in [0, 0.05) is 25.7 Å². The highest BCUT2D eigenvalue weighted by Gasteiger charge is 2.30. The Bertz CT molecular complexity index is 1940. The summed E-state index contributed by atoms with van der Waals surface area (Å²) in [6, 6.07) is 0. The maximum atomic E-state index is 13.1. The van der Waals surface area contributed by atoms with Gasteiger partial charge in [-0.15, -0.1) is 0 Å². The van der Waals surface area contributed by atoms with Gasteiger partial charge < -0.3 is 33.8 Å². The van der Waals surface area contributed by atoms with E-state index >= 15 is 0 Å². The van der Waals surface area contributed by atoms with Crippen molar-refractivity contribution in [2.45, 2.75) is 439 Å². The first-order chi connectivity index (χ1) is 48.2. The Morgan fingerprint density at radius 3 is 0.680 bits per heavy atom. The number of esters is 4. The van der Waals surface area contributed by atoms with Crippen LogP contribution < -0.4 is 0 Å². The van der Waals surface area contributed by atoms with E-state index in [9.17, 15) is 43.2 Å². The first-order valence-electron chi connectivity index (χ1n) is 41.8. The Hall–Kier alpha value is -1.94. The molecule has 0 aromatic rings. The zero-order valence-corrected chi connectivity index (χ0v) is 67.5. The van der Waals surface area contributed by atoms with E-state index in [2.05, 4.69) is 48.5 Å². The molecule has 0 heterocycles. The Labute approximate surface area is 613 Å². The zero-order valence-electron chi connectivity index (χ0n) is 65.7. The summed E-state index contributed by atoms with van der Waals surface area (Å²) in [6.07, 6.45) is 59.7. The minimum absolute atomic E-state index is 0.106. The molecule has 0 aliphatic heterocycles. The van der Waals surface area contributed by atoms with Gasteiger partial charge in [-0.05, 0) is 43.4 Å². The number of carbonyl (C=O) groups is 4. The second-order valence-corrected chi connectivity index (χ2v) is 33.5. The van der Waals surface area contributed by atoms with Crippen molar-refractivity contribution in [1.82, 2.24) is 0 Å². The van der Waals surface area contributed by atoms with Crippen molar-refractivity contribution in [3.05, 3.63) is 0 Å². The van der Waals surface area contributed by atoms with Gasteiger partial charge in [-0.25, -0.2) is 9.13 Å². The summed E-state index contributed by atoms with van der Waals surface area (Å²) in [5, 5.41) is 10.6. The lowest BCUT2D eigenvalue weighted by molar-refractivity contribution is -0.161. The predicted octanol–water partition coefficient (Wildman–Crippen LogP) is 24.1. The fraction of sp³-hybridized carbons (Fsp3) is 0.951. The number of rotatable bonds is 79. The summed E-state index contributed by atoms with van der Waals surface area (Å²) in [5.41, 5.74) is 0. The normalized spacial score (nSPS) is 14.0. The van der Waals surface area contributed by atoms with Crippen LogP contribution in [-0.4, -0.2) is 96.7 Å². The lowest BCUT2D eigenvalue weighted by Crippen LogP contribution is -2.30. The molecular formula is C81H158O17P2. The number of hydrogen-bond donors (Lipinski definition) is 3. The summed E-state index contributed by atoms with van der Waals surface area (Å²) in [4.78, 5) is 73.0. The smallest absolute Gasteiger partial charge is 0.462 e. The number of aliphatic hydroxyl groups is 1. The monoisotopic (exact) mass is 1470 g/mol. The van der Waals surface area contributed by atoms with Gasteiger partial charge in [0.25, 0.3) is 0 Å². The van der Waals surface area contributed by atoms with Gasteiger partial charge in [0.05, 0.1) is 26.4 Å². The number of aliphatic hydroxyl groups excluding tert-OH is 1. The van der Waals surface area contributed by atoms with Crippen molar-refractivity contribution in [1.29, 1.82) is 0 Å². The largest absolute Gasteiger partial charge is 0.472 e. The van der Waals surface area contributed by atoms with Crippen molar-refractivity contribution in [3.63, 3.8) is 0 Å². The van der Waals surface area contributed by atoms with Crippen LogP contribution in [0.4, 0.5) is 0 Å². The van der Waals surface area contributed by atoms with Gasteiger partial charge in [0.1, 0.15) is 19.3 Å². The molecule has 0 aliphatic carbocycles. The highest BCUT2D eigenvalue weighted by molar-refractivity contribution is 7.47. The third-order valence-corrected chi connectivity index (χ3v) is 20.8. The summed E-state index contributed by atoms with van der Waals surface area (Å²) >= 11 is 0. The molecule has 0 fully saturated rings. The first-order valence-corrected chi connectivity index (χ1v) is 44.8. The molecule has 0 amide bonds. The molecule has 594 valence electrons. The van der Waals surface area contributed by atoms with Crippen LogP contribution in [0.25, 0.3) is 0 Å². The minimum Gasteiger partial charge on any atom is -0.462 e. The van der Waals surface area contributed by atoms with E-state index in [1.165, 1.54) is 225 Å². The van der Waals surface area contributed by atoms with E-state index in [1.807, 2.05) is 0 Å². The number of ether oxygens (including phenoxy) is 4. The second-order valence-electron chi connectivity index (χ2n) is 30.6. The maximum absolute atomic E-state index is 13.1. The maximum Gasteiger partial charge on any atom is 0.472 e. The van der Waals surface area contributed by atoms with Crippen molar-refractivity contribution in [3.8, 4) is 0 Å². The van der Waals surface area contributed by atoms with Crippen LogP contribution in [0.3, 0.4) is 0 Å². The molecule has 2 unspecified atom stereocenters. The summed E-state index contributed by atoms with van der Waals surface area (Å²) < 4.78 is 68.7. The number of carbonyl (C=O) groups excluding carboxylic acids is 4. The second kappa shape index (κ2) is 71.3. The van der Waals surface area contributed by atoms with Gasteiger partial charge in [-0.3, -0.25) is 37.3 Å². The molecule has 19 heteroatoms. The lowest BCUT2D eigenvalue weighted by atomic mass is 10.0. The molecule has 0 saturated heterocycles. The molecule has 0 spiro atoms. The van der Waals surface area contributed by atoms with E-state index in [0.717, 1.165) is 108 Å². The van der Waals surface area contributed by atoms with Crippen LogP contribution >= 0.6 is 15.6 Å². The van der Waals surface area contributed by atoms with E-state index in [0.29, 0.717) is 31.6 Å². The molecular weight excluding hydrogens is 1310 g/mol. The zero-order chi connectivity index (χ0) is 73.7. The van der Waals surface area contributed by atoms with Crippen LogP contribution in [0.1, 0.15) is 421 Å². The molecule has 0 rings (SSSR count). The van der Waals surface area contributed by atoms with Gasteiger partial charge in [0.15, 0.2) is 12.2 Å². The number of hydrogen-bond acceptors (Lipinski definition) is 15. The van der Waals surface area contributed by atoms with Gasteiger partial charge in [-0.1, -0.05) is 370 Å². The molecule has 0 aromatic carbocycles. The Kier molecular flexibility index (Phi) is 69.9. The van der Waals surface area contributed by atoms with Crippen LogP contribution in [-0.2, 0) is 65.4 Å². The molecule has 5 atom stereocenters.